The van der Waals surface area contributed by atoms with Crippen LogP contribution in [0.3, 0.4) is 0 Å². The van der Waals surface area contributed by atoms with Crippen molar-refractivity contribution >= 4 is 10.9 Å². The third-order valence-electron chi connectivity index (χ3n) is 4.63. The quantitative estimate of drug-likeness (QED) is 0.726. The zero-order valence-corrected chi connectivity index (χ0v) is 13.0. The summed E-state index contributed by atoms with van der Waals surface area (Å²) in [6.07, 6.45) is 0. The predicted molar refractivity (Wildman–Crippen MR) is 89.8 cm³/mol. The molecule has 1 saturated heterocycles. The topological polar surface area (TPSA) is 38.8 Å². The van der Waals surface area contributed by atoms with Crippen LogP contribution < -0.4 is 4.90 Å². The molecule has 0 radical (unpaired) electrons. The van der Waals surface area contributed by atoms with Gasteiger partial charge >= 0.3 is 0 Å². The number of nitrogens with one attached hydrogen (secondary N) is 1. The number of aromatic nitrogens is 1. The van der Waals surface area contributed by atoms with Crippen molar-refractivity contribution in [3.8, 4) is 11.3 Å². The van der Waals surface area contributed by atoms with Crippen LogP contribution >= 0.6 is 0 Å². The van der Waals surface area contributed by atoms with E-state index in [1.165, 1.54) is 15.2 Å². The van der Waals surface area contributed by atoms with Gasteiger partial charge in [-0.15, -0.1) is 0 Å². The molecule has 2 aromatic carbocycles. The Bertz CT molecular complexity index is 805. The second-order valence-corrected chi connectivity index (χ2v) is 6.06. The third kappa shape index (κ3) is 2.60. The molecule has 0 amide bonds. The molecule has 1 aliphatic rings. The van der Waals surface area contributed by atoms with Gasteiger partial charge in [-0.2, -0.15) is 4.73 Å². The highest BCUT2D eigenvalue weighted by molar-refractivity contribution is 5.91. The largest absolute Gasteiger partial charge is 0.428 e. The van der Waals surface area contributed by atoms with Crippen molar-refractivity contribution in [2.24, 2.45) is 0 Å². The molecule has 1 aromatic heterocycles. The molecule has 0 spiro atoms. The molecule has 23 heavy (non-hydrogen) atoms. The normalized spacial score (nSPS) is 16.0. The molecule has 4 nitrogen and oxygen atoms in total. The van der Waals surface area contributed by atoms with Crippen molar-refractivity contribution in [1.82, 2.24) is 4.73 Å². The Balaban J connectivity index is 1.86. The van der Waals surface area contributed by atoms with Gasteiger partial charge < -0.3 is 14.8 Å². The van der Waals surface area contributed by atoms with Crippen LogP contribution in [-0.2, 0) is 11.3 Å². The lowest BCUT2D eigenvalue weighted by Gasteiger charge is -2.24. The van der Waals surface area contributed by atoms with E-state index < -0.39 is 0 Å². The third-order valence-corrected chi connectivity index (χ3v) is 4.63. The number of para-hydroxylation sites is 1. The summed E-state index contributed by atoms with van der Waals surface area (Å²) in [6.45, 7) is 4.56. The van der Waals surface area contributed by atoms with Crippen molar-refractivity contribution < 1.29 is 14.8 Å². The van der Waals surface area contributed by atoms with Crippen LogP contribution in [0.2, 0.25) is 0 Å². The van der Waals surface area contributed by atoms with Gasteiger partial charge in [0.1, 0.15) is 19.6 Å². The summed E-state index contributed by atoms with van der Waals surface area (Å²) in [4.78, 5) is 1.50. The lowest BCUT2D eigenvalue weighted by molar-refractivity contribution is -0.921. The minimum absolute atomic E-state index is 0.813. The van der Waals surface area contributed by atoms with Gasteiger partial charge in [-0.05, 0) is 6.07 Å². The van der Waals surface area contributed by atoms with E-state index in [-0.39, 0.29) is 0 Å². The highest BCUT2D eigenvalue weighted by Gasteiger charge is 2.23. The fourth-order valence-corrected chi connectivity index (χ4v) is 3.45. The molecule has 118 valence electrons. The van der Waals surface area contributed by atoms with E-state index in [9.17, 15) is 5.21 Å². The average molecular weight is 309 g/mol. The van der Waals surface area contributed by atoms with Crippen LogP contribution in [0.1, 0.15) is 5.56 Å². The first kappa shape index (κ1) is 14.3. The van der Waals surface area contributed by atoms with Crippen molar-refractivity contribution in [2.45, 2.75) is 6.54 Å². The first-order chi connectivity index (χ1) is 11.3. The van der Waals surface area contributed by atoms with Gasteiger partial charge in [0.25, 0.3) is 0 Å². The van der Waals surface area contributed by atoms with E-state index in [0.29, 0.717) is 0 Å². The van der Waals surface area contributed by atoms with E-state index in [1.807, 2.05) is 36.4 Å². The molecular formula is C19H21N2O2+. The number of ether oxygens (including phenoxy) is 1. The van der Waals surface area contributed by atoms with Gasteiger partial charge in [0.05, 0.1) is 24.4 Å². The Morgan fingerprint density at radius 3 is 2.43 bits per heavy atom. The maximum absolute atomic E-state index is 10.7. The van der Waals surface area contributed by atoms with Crippen LogP contribution in [0.25, 0.3) is 22.2 Å². The Kier molecular flexibility index (Phi) is 3.77. The summed E-state index contributed by atoms with van der Waals surface area (Å²) >= 11 is 0. The van der Waals surface area contributed by atoms with Gasteiger partial charge in [-0.1, -0.05) is 48.5 Å². The second-order valence-electron chi connectivity index (χ2n) is 6.06. The van der Waals surface area contributed by atoms with Crippen LogP contribution in [0.5, 0.6) is 0 Å². The van der Waals surface area contributed by atoms with Crippen molar-refractivity contribution in [3.05, 3.63) is 60.2 Å². The highest BCUT2D eigenvalue weighted by atomic mass is 16.5. The zero-order chi connectivity index (χ0) is 15.6. The number of fused-ring (bicyclic) bond motifs is 1. The number of benzene rings is 2. The van der Waals surface area contributed by atoms with Crippen molar-refractivity contribution in [3.63, 3.8) is 0 Å². The van der Waals surface area contributed by atoms with Gasteiger partial charge in [-0.25, -0.2) is 0 Å². The van der Waals surface area contributed by atoms with Gasteiger partial charge in [-0.3, -0.25) is 0 Å². The lowest BCUT2D eigenvalue weighted by atomic mass is 10.0. The maximum Gasteiger partial charge on any atom is 0.106 e. The summed E-state index contributed by atoms with van der Waals surface area (Å²) in [5.74, 6) is 0. The number of morpholine rings is 1. The summed E-state index contributed by atoms with van der Waals surface area (Å²) in [5.41, 5.74) is 4.04. The molecule has 4 rings (SSSR count). The van der Waals surface area contributed by atoms with Crippen LogP contribution in [0.4, 0.5) is 0 Å². The lowest BCUT2D eigenvalue weighted by Crippen LogP contribution is -3.12. The van der Waals surface area contributed by atoms with Gasteiger partial charge in [0.2, 0.25) is 0 Å². The smallest absolute Gasteiger partial charge is 0.106 e. The molecule has 4 heteroatoms. The Morgan fingerprint density at radius 2 is 1.65 bits per heavy atom. The van der Waals surface area contributed by atoms with Crippen molar-refractivity contribution in [2.75, 3.05) is 26.3 Å². The molecule has 0 bridgehead atoms. The second kappa shape index (κ2) is 6.07. The Labute approximate surface area is 135 Å². The number of nitrogens with zero attached hydrogens (tertiary/aromatic N) is 1. The number of hydrogen-bond donors (Lipinski definition) is 2. The molecule has 1 fully saturated rings. The number of quaternary nitrogens is 1. The number of rotatable bonds is 3. The molecule has 0 atom stereocenters. The van der Waals surface area contributed by atoms with E-state index in [0.717, 1.165) is 55.0 Å². The molecule has 0 unspecified atom stereocenters. The van der Waals surface area contributed by atoms with E-state index in [1.54, 1.807) is 0 Å². The summed E-state index contributed by atoms with van der Waals surface area (Å²) in [5, 5.41) is 11.9. The van der Waals surface area contributed by atoms with Crippen LogP contribution in [0, 0.1) is 0 Å². The van der Waals surface area contributed by atoms with Crippen LogP contribution in [0.15, 0.2) is 54.6 Å². The molecule has 2 heterocycles. The molecule has 1 aliphatic heterocycles. The van der Waals surface area contributed by atoms with E-state index in [2.05, 4.69) is 18.2 Å². The highest BCUT2D eigenvalue weighted by Crippen LogP contribution is 2.32. The van der Waals surface area contributed by atoms with Crippen molar-refractivity contribution in [1.29, 1.82) is 0 Å². The van der Waals surface area contributed by atoms with Crippen LogP contribution in [-0.4, -0.2) is 36.2 Å². The Morgan fingerprint density at radius 1 is 0.957 bits per heavy atom. The summed E-state index contributed by atoms with van der Waals surface area (Å²) in [7, 11) is 0. The monoisotopic (exact) mass is 309 g/mol. The van der Waals surface area contributed by atoms with E-state index >= 15 is 0 Å². The Hall–Kier alpha value is -2.30. The molecule has 0 aliphatic carbocycles. The minimum Gasteiger partial charge on any atom is -0.428 e. The SMILES string of the molecule is On1c(-c2ccccc2)c(C[NH+]2CCOCC2)c2ccccc21. The standard InChI is InChI=1S/C19H20N2O2/c22-21-18-9-5-4-8-16(18)17(14-20-10-12-23-13-11-20)19(21)15-6-2-1-3-7-15/h1-9,22H,10-14H2/p+1. The zero-order valence-electron chi connectivity index (χ0n) is 13.0. The summed E-state index contributed by atoms with van der Waals surface area (Å²) < 4.78 is 6.82. The van der Waals surface area contributed by atoms with Gasteiger partial charge in [0, 0.05) is 16.5 Å². The fourth-order valence-electron chi connectivity index (χ4n) is 3.45. The maximum atomic E-state index is 10.7. The molecular weight excluding hydrogens is 288 g/mol. The first-order valence-corrected chi connectivity index (χ1v) is 8.13. The fraction of sp³-hybridized carbons (Fsp3) is 0.263. The van der Waals surface area contributed by atoms with Gasteiger partial charge in [0.15, 0.2) is 0 Å². The molecule has 3 aromatic rings. The minimum atomic E-state index is 0.813. The number of hydrogen-bond acceptors (Lipinski definition) is 2. The van der Waals surface area contributed by atoms with E-state index in [4.69, 9.17) is 4.74 Å². The molecule has 0 saturated carbocycles. The average Bonchev–Trinajstić information content (AvgIpc) is 2.89. The molecule has 2 N–H and O–H groups in total. The first-order valence-electron chi connectivity index (χ1n) is 8.13. The summed E-state index contributed by atoms with van der Waals surface area (Å²) in [6, 6.07) is 18.2. The predicted octanol–water partition coefficient (Wildman–Crippen LogP) is 1.96.